The van der Waals surface area contributed by atoms with Gasteiger partial charge in [-0.15, -0.1) is 0 Å². The van der Waals surface area contributed by atoms with E-state index in [0.29, 0.717) is 6.04 Å². The molecule has 0 bridgehead atoms. The number of nitrogens with one attached hydrogen (secondary N) is 1. The van der Waals surface area contributed by atoms with Crippen LogP contribution in [0.15, 0.2) is 18.6 Å². The second-order valence-electron chi connectivity index (χ2n) is 4.82. The first-order valence-corrected chi connectivity index (χ1v) is 6.28. The lowest BCUT2D eigenvalue weighted by atomic mass is 10.1. The van der Waals surface area contributed by atoms with Crippen LogP contribution in [-0.2, 0) is 13.6 Å². The normalized spacial score (nSPS) is 15.0. The van der Waals surface area contributed by atoms with E-state index in [9.17, 15) is 0 Å². The van der Waals surface area contributed by atoms with Gasteiger partial charge in [0.05, 0.1) is 5.69 Å². The zero-order valence-electron chi connectivity index (χ0n) is 10.7. The van der Waals surface area contributed by atoms with Crippen LogP contribution in [0.5, 0.6) is 0 Å². The molecule has 1 saturated carbocycles. The summed E-state index contributed by atoms with van der Waals surface area (Å²) >= 11 is 0. The van der Waals surface area contributed by atoms with E-state index >= 15 is 0 Å². The van der Waals surface area contributed by atoms with Crippen LogP contribution in [-0.4, -0.2) is 25.8 Å². The summed E-state index contributed by atoms with van der Waals surface area (Å²) in [6.07, 6.45) is 8.07. The van der Waals surface area contributed by atoms with Crippen molar-refractivity contribution in [3.8, 4) is 11.4 Å². The highest BCUT2D eigenvalue weighted by Crippen LogP contribution is 2.24. The fourth-order valence-corrected chi connectivity index (χ4v) is 2.05. The molecule has 0 spiro atoms. The first-order chi connectivity index (χ1) is 8.74. The Morgan fingerprint density at radius 3 is 2.78 bits per heavy atom. The summed E-state index contributed by atoms with van der Waals surface area (Å²) in [5.41, 5.74) is 3.93. The van der Waals surface area contributed by atoms with Gasteiger partial charge in [-0.25, -0.2) is 0 Å². The first-order valence-electron chi connectivity index (χ1n) is 6.28. The summed E-state index contributed by atoms with van der Waals surface area (Å²) in [6, 6.07) is 0.695. The van der Waals surface area contributed by atoms with E-state index in [1.54, 1.807) is 12.4 Å². The SMILES string of the molecule is Cc1nccnc1-c1nn(C)cc1CNC1CC1. The van der Waals surface area contributed by atoms with Gasteiger partial charge in [0.2, 0.25) is 0 Å². The van der Waals surface area contributed by atoms with E-state index in [1.807, 2.05) is 18.7 Å². The van der Waals surface area contributed by atoms with Crippen LogP contribution in [0.4, 0.5) is 0 Å². The van der Waals surface area contributed by atoms with Crippen LogP contribution < -0.4 is 5.32 Å². The van der Waals surface area contributed by atoms with Gasteiger partial charge in [0.1, 0.15) is 11.4 Å². The van der Waals surface area contributed by atoms with Crippen molar-refractivity contribution in [2.24, 2.45) is 7.05 Å². The Morgan fingerprint density at radius 2 is 2.06 bits per heavy atom. The molecule has 94 valence electrons. The molecule has 1 fully saturated rings. The van der Waals surface area contributed by atoms with Gasteiger partial charge in [-0.2, -0.15) is 5.10 Å². The standard InChI is InChI=1S/C13H17N5/c1-9-12(15-6-5-14-9)13-10(8-18(2)17-13)7-16-11-3-4-11/h5-6,8,11,16H,3-4,7H2,1-2H3. The second kappa shape index (κ2) is 4.49. The summed E-state index contributed by atoms with van der Waals surface area (Å²) in [4.78, 5) is 8.68. The van der Waals surface area contributed by atoms with Crippen molar-refractivity contribution in [1.29, 1.82) is 0 Å². The van der Waals surface area contributed by atoms with Gasteiger partial charge in [0, 0.05) is 43.8 Å². The molecule has 2 heterocycles. The number of aryl methyl sites for hydroxylation is 2. The Kier molecular flexibility index (Phi) is 2.83. The average molecular weight is 243 g/mol. The third-order valence-electron chi connectivity index (χ3n) is 3.17. The predicted octanol–water partition coefficient (Wildman–Crippen LogP) is 1.44. The lowest BCUT2D eigenvalue weighted by Crippen LogP contribution is -2.15. The summed E-state index contributed by atoms with van der Waals surface area (Å²) in [6.45, 7) is 2.82. The molecular weight excluding hydrogens is 226 g/mol. The van der Waals surface area contributed by atoms with E-state index in [1.165, 1.54) is 18.4 Å². The van der Waals surface area contributed by atoms with Crippen LogP contribution in [0.2, 0.25) is 0 Å². The zero-order valence-corrected chi connectivity index (χ0v) is 10.7. The van der Waals surface area contributed by atoms with Crippen molar-refractivity contribution >= 4 is 0 Å². The Bertz CT molecular complexity index is 556. The molecule has 5 nitrogen and oxygen atoms in total. The maximum absolute atomic E-state index is 4.51. The Labute approximate surface area is 106 Å². The molecule has 0 atom stereocenters. The third kappa shape index (κ3) is 2.26. The molecule has 1 aliphatic rings. The molecule has 18 heavy (non-hydrogen) atoms. The molecule has 0 unspecified atom stereocenters. The second-order valence-corrected chi connectivity index (χ2v) is 4.82. The van der Waals surface area contributed by atoms with Crippen molar-refractivity contribution < 1.29 is 0 Å². The molecule has 1 aliphatic carbocycles. The van der Waals surface area contributed by atoms with Crippen molar-refractivity contribution in [3.05, 3.63) is 29.8 Å². The summed E-state index contributed by atoms with van der Waals surface area (Å²) < 4.78 is 1.84. The van der Waals surface area contributed by atoms with Crippen LogP contribution >= 0.6 is 0 Å². The summed E-state index contributed by atoms with van der Waals surface area (Å²) in [5.74, 6) is 0. The van der Waals surface area contributed by atoms with Gasteiger partial charge in [-0.3, -0.25) is 14.6 Å². The predicted molar refractivity (Wildman–Crippen MR) is 68.8 cm³/mol. The number of hydrogen-bond donors (Lipinski definition) is 1. The topological polar surface area (TPSA) is 55.6 Å². The van der Waals surface area contributed by atoms with Crippen molar-refractivity contribution in [1.82, 2.24) is 25.1 Å². The van der Waals surface area contributed by atoms with Gasteiger partial charge in [0.25, 0.3) is 0 Å². The fraction of sp³-hybridized carbons (Fsp3) is 0.462. The number of nitrogens with zero attached hydrogens (tertiary/aromatic N) is 4. The number of hydrogen-bond acceptors (Lipinski definition) is 4. The fourth-order valence-electron chi connectivity index (χ4n) is 2.05. The van der Waals surface area contributed by atoms with Crippen molar-refractivity contribution in [3.63, 3.8) is 0 Å². The molecule has 5 heteroatoms. The van der Waals surface area contributed by atoms with E-state index < -0.39 is 0 Å². The molecule has 0 aromatic carbocycles. The van der Waals surface area contributed by atoms with E-state index in [0.717, 1.165) is 23.6 Å². The van der Waals surface area contributed by atoms with Crippen LogP contribution in [0.25, 0.3) is 11.4 Å². The van der Waals surface area contributed by atoms with E-state index in [4.69, 9.17) is 0 Å². The Balaban J connectivity index is 1.92. The molecular formula is C13H17N5. The largest absolute Gasteiger partial charge is 0.310 e. The highest BCUT2D eigenvalue weighted by molar-refractivity contribution is 5.60. The van der Waals surface area contributed by atoms with E-state index in [2.05, 4.69) is 26.6 Å². The van der Waals surface area contributed by atoms with Gasteiger partial charge >= 0.3 is 0 Å². The quantitative estimate of drug-likeness (QED) is 0.882. The van der Waals surface area contributed by atoms with Crippen molar-refractivity contribution in [2.45, 2.75) is 32.4 Å². The van der Waals surface area contributed by atoms with Gasteiger partial charge in [0.15, 0.2) is 0 Å². The number of aromatic nitrogens is 4. The van der Waals surface area contributed by atoms with Gasteiger partial charge in [-0.1, -0.05) is 0 Å². The molecule has 2 aromatic rings. The highest BCUT2D eigenvalue weighted by atomic mass is 15.3. The molecule has 0 amide bonds. The van der Waals surface area contributed by atoms with Crippen molar-refractivity contribution in [2.75, 3.05) is 0 Å². The van der Waals surface area contributed by atoms with E-state index in [-0.39, 0.29) is 0 Å². The third-order valence-corrected chi connectivity index (χ3v) is 3.17. The Morgan fingerprint density at radius 1 is 1.28 bits per heavy atom. The van der Waals surface area contributed by atoms with Gasteiger partial charge < -0.3 is 5.32 Å². The first kappa shape index (κ1) is 11.3. The lowest BCUT2D eigenvalue weighted by molar-refractivity contribution is 0.686. The summed E-state index contributed by atoms with van der Waals surface area (Å²) in [7, 11) is 1.94. The van der Waals surface area contributed by atoms with Crippen LogP contribution in [0, 0.1) is 6.92 Å². The smallest absolute Gasteiger partial charge is 0.117 e. The maximum Gasteiger partial charge on any atom is 0.117 e. The lowest BCUT2D eigenvalue weighted by Gasteiger charge is -2.04. The minimum absolute atomic E-state index is 0.695. The maximum atomic E-state index is 4.51. The average Bonchev–Trinajstić information content (AvgIpc) is 3.11. The Hall–Kier alpha value is -1.75. The highest BCUT2D eigenvalue weighted by Gasteiger charge is 2.22. The zero-order chi connectivity index (χ0) is 12.5. The van der Waals surface area contributed by atoms with Gasteiger partial charge in [-0.05, 0) is 19.8 Å². The van der Waals surface area contributed by atoms with Crippen LogP contribution in [0.1, 0.15) is 24.1 Å². The molecule has 3 rings (SSSR count). The minimum Gasteiger partial charge on any atom is -0.310 e. The molecule has 2 aromatic heterocycles. The monoisotopic (exact) mass is 243 g/mol. The molecule has 1 N–H and O–H groups in total. The number of rotatable bonds is 4. The summed E-state index contributed by atoms with van der Waals surface area (Å²) in [5, 5.41) is 8.03. The molecule has 0 aliphatic heterocycles. The van der Waals surface area contributed by atoms with Crippen LogP contribution in [0.3, 0.4) is 0 Å². The molecule has 0 saturated heterocycles. The molecule has 0 radical (unpaired) electrons. The minimum atomic E-state index is 0.695.